The van der Waals surface area contributed by atoms with Gasteiger partial charge in [0.25, 0.3) is 0 Å². The van der Waals surface area contributed by atoms with Crippen LogP contribution in [0.3, 0.4) is 0 Å². The van der Waals surface area contributed by atoms with Crippen molar-refractivity contribution < 1.29 is 4.74 Å². The van der Waals surface area contributed by atoms with Gasteiger partial charge in [-0.25, -0.2) is 0 Å². The number of benzene rings is 1. The van der Waals surface area contributed by atoms with Crippen LogP contribution in [-0.2, 0) is 11.3 Å². The Labute approximate surface area is 104 Å². The maximum Gasteiger partial charge on any atom is 0.0703 e. The SMILES string of the molecule is CC1OCCC1N(CCN)Cc1ccccc1. The summed E-state index contributed by atoms with van der Waals surface area (Å²) in [7, 11) is 0. The Morgan fingerprint density at radius 1 is 1.35 bits per heavy atom. The molecule has 17 heavy (non-hydrogen) atoms. The van der Waals surface area contributed by atoms with Crippen molar-refractivity contribution in [3.8, 4) is 0 Å². The zero-order valence-corrected chi connectivity index (χ0v) is 10.5. The minimum absolute atomic E-state index is 0.324. The summed E-state index contributed by atoms with van der Waals surface area (Å²) in [5, 5.41) is 0. The van der Waals surface area contributed by atoms with Gasteiger partial charge in [0.15, 0.2) is 0 Å². The predicted octanol–water partition coefficient (Wildman–Crippen LogP) is 1.62. The molecule has 1 aliphatic heterocycles. The number of nitrogens with zero attached hydrogens (tertiary/aromatic N) is 1. The summed E-state index contributed by atoms with van der Waals surface area (Å²) in [5.74, 6) is 0. The zero-order chi connectivity index (χ0) is 12.1. The monoisotopic (exact) mass is 234 g/mol. The van der Waals surface area contributed by atoms with E-state index in [2.05, 4.69) is 42.2 Å². The Bertz CT molecular complexity index is 328. The van der Waals surface area contributed by atoms with Crippen LogP contribution in [0.2, 0.25) is 0 Å². The van der Waals surface area contributed by atoms with E-state index < -0.39 is 0 Å². The smallest absolute Gasteiger partial charge is 0.0703 e. The summed E-state index contributed by atoms with van der Waals surface area (Å²) in [6, 6.07) is 11.1. The number of hydrogen-bond acceptors (Lipinski definition) is 3. The molecule has 2 rings (SSSR count). The topological polar surface area (TPSA) is 38.5 Å². The highest BCUT2D eigenvalue weighted by molar-refractivity contribution is 5.14. The third kappa shape index (κ3) is 3.28. The fourth-order valence-corrected chi connectivity index (χ4v) is 2.55. The molecule has 2 N–H and O–H groups in total. The third-order valence-corrected chi connectivity index (χ3v) is 3.45. The Kier molecular flexibility index (Phi) is 4.54. The first kappa shape index (κ1) is 12.6. The van der Waals surface area contributed by atoms with E-state index in [0.717, 1.165) is 26.1 Å². The van der Waals surface area contributed by atoms with Crippen LogP contribution in [0.15, 0.2) is 30.3 Å². The number of ether oxygens (including phenoxy) is 1. The standard InChI is InChI=1S/C14H22N2O/c1-12-14(7-10-17-12)16(9-8-15)11-13-5-3-2-4-6-13/h2-6,12,14H,7-11,15H2,1H3. The molecule has 0 aliphatic carbocycles. The second-order valence-electron chi connectivity index (χ2n) is 4.68. The van der Waals surface area contributed by atoms with Crippen LogP contribution in [-0.4, -0.2) is 36.7 Å². The lowest BCUT2D eigenvalue weighted by atomic mass is 10.1. The molecule has 1 heterocycles. The van der Waals surface area contributed by atoms with Crippen molar-refractivity contribution in [2.75, 3.05) is 19.7 Å². The molecule has 1 aliphatic rings. The first-order valence-corrected chi connectivity index (χ1v) is 6.41. The van der Waals surface area contributed by atoms with Gasteiger partial charge in [-0.05, 0) is 18.9 Å². The highest BCUT2D eigenvalue weighted by Gasteiger charge is 2.29. The fraction of sp³-hybridized carbons (Fsp3) is 0.571. The maximum absolute atomic E-state index is 5.71. The van der Waals surface area contributed by atoms with Crippen molar-refractivity contribution >= 4 is 0 Å². The molecule has 1 aromatic rings. The Morgan fingerprint density at radius 2 is 2.12 bits per heavy atom. The zero-order valence-electron chi connectivity index (χ0n) is 10.5. The summed E-state index contributed by atoms with van der Waals surface area (Å²) < 4.78 is 5.65. The van der Waals surface area contributed by atoms with Gasteiger partial charge in [-0.1, -0.05) is 30.3 Å². The van der Waals surface area contributed by atoms with Gasteiger partial charge in [-0.3, -0.25) is 4.90 Å². The minimum Gasteiger partial charge on any atom is -0.377 e. The first-order chi connectivity index (χ1) is 8.31. The van der Waals surface area contributed by atoms with E-state index in [4.69, 9.17) is 10.5 Å². The Hall–Kier alpha value is -0.900. The van der Waals surface area contributed by atoms with Crippen LogP contribution in [0, 0.1) is 0 Å². The average Bonchev–Trinajstić information content (AvgIpc) is 2.76. The molecule has 0 saturated carbocycles. The third-order valence-electron chi connectivity index (χ3n) is 3.45. The van der Waals surface area contributed by atoms with E-state index in [-0.39, 0.29) is 0 Å². The van der Waals surface area contributed by atoms with Crippen molar-refractivity contribution in [2.45, 2.75) is 32.0 Å². The van der Waals surface area contributed by atoms with Gasteiger partial charge in [-0.2, -0.15) is 0 Å². The van der Waals surface area contributed by atoms with Gasteiger partial charge < -0.3 is 10.5 Å². The van der Waals surface area contributed by atoms with Crippen LogP contribution < -0.4 is 5.73 Å². The highest BCUT2D eigenvalue weighted by atomic mass is 16.5. The highest BCUT2D eigenvalue weighted by Crippen LogP contribution is 2.21. The quantitative estimate of drug-likeness (QED) is 0.841. The number of hydrogen-bond donors (Lipinski definition) is 1. The molecule has 2 unspecified atom stereocenters. The Balaban J connectivity index is 2.02. The molecular formula is C14H22N2O. The van der Waals surface area contributed by atoms with Crippen LogP contribution in [0.5, 0.6) is 0 Å². The summed E-state index contributed by atoms with van der Waals surface area (Å²) in [5.41, 5.74) is 7.06. The molecule has 0 radical (unpaired) electrons. The van der Waals surface area contributed by atoms with E-state index in [0.29, 0.717) is 18.7 Å². The molecule has 3 nitrogen and oxygen atoms in total. The van der Waals surface area contributed by atoms with E-state index in [1.54, 1.807) is 0 Å². The lowest BCUT2D eigenvalue weighted by molar-refractivity contribution is 0.0720. The second kappa shape index (κ2) is 6.15. The molecular weight excluding hydrogens is 212 g/mol. The van der Waals surface area contributed by atoms with E-state index in [9.17, 15) is 0 Å². The van der Waals surface area contributed by atoms with Gasteiger partial charge in [0.05, 0.1) is 6.10 Å². The van der Waals surface area contributed by atoms with Gasteiger partial charge >= 0.3 is 0 Å². The lowest BCUT2D eigenvalue weighted by Crippen LogP contribution is -2.41. The van der Waals surface area contributed by atoms with Crippen molar-refractivity contribution in [3.63, 3.8) is 0 Å². The van der Waals surface area contributed by atoms with Crippen molar-refractivity contribution in [2.24, 2.45) is 5.73 Å². The second-order valence-corrected chi connectivity index (χ2v) is 4.68. The lowest BCUT2D eigenvalue weighted by Gasteiger charge is -2.30. The maximum atomic E-state index is 5.71. The summed E-state index contributed by atoms with van der Waals surface area (Å²) >= 11 is 0. The molecule has 2 atom stereocenters. The molecule has 1 aromatic carbocycles. The van der Waals surface area contributed by atoms with Crippen LogP contribution in [0.1, 0.15) is 18.9 Å². The summed E-state index contributed by atoms with van der Waals surface area (Å²) in [4.78, 5) is 2.45. The number of rotatable bonds is 5. The van der Waals surface area contributed by atoms with Crippen LogP contribution >= 0.6 is 0 Å². The number of nitrogens with two attached hydrogens (primary N) is 1. The van der Waals surface area contributed by atoms with Crippen LogP contribution in [0.25, 0.3) is 0 Å². The van der Waals surface area contributed by atoms with E-state index >= 15 is 0 Å². The largest absolute Gasteiger partial charge is 0.377 e. The minimum atomic E-state index is 0.324. The molecule has 94 valence electrons. The molecule has 1 saturated heterocycles. The summed E-state index contributed by atoms with van der Waals surface area (Å²) in [6.07, 6.45) is 1.44. The van der Waals surface area contributed by atoms with Crippen LogP contribution in [0.4, 0.5) is 0 Å². The van der Waals surface area contributed by atoms with Crippen molar-refractivity contribution in [3.05, 3.63) is 35.9 Å². The predicted molar refractivity (Wildman–Crippen MR) is 69.7 cm³/mol. The van der Waals surface area contributed by atoms with Gasteiger partial charge in [0.1, 0.15) is 0 Å². The van der Waals surface area contributed by atoms with Crippen molar-refractivity contribution in [1.82, 2.24) is 4.90 Å². The van der Waals surface area contributed by atoms with Gasteiger partial charge in [-0.15, -0.1) is 0 Å². The molecule has 0 bridgehead atoms. The van der Waals surface area contributed by atoms with E-state index in [1.807, 2.05) is 0 Å². The fourth-order valence-electron chi connectivity index (χ4n) is 2.55. The molecule has 0 spiro atoms. The normalized spacial score (nSPS) is 24.4. The Morgan fingerprint density at radius 3 is 2.71 bits per heavy atom. The van der Waals surface area contributed by atoms with Gasteiger partial charge in [0.2, 0.25) is 0 Å². The van der Waals surface area contributed by atoms with Gasteiger partial charge in [0, 0.05) is 32.3 Å². The molecule has 1 fully saturated rings. The van der Waals surface area contributed by atoms with E-state index in [1.165, 1.54) is 5.56 Å². The molecule has 0 amide bonds. The first-order valence-electron chi connectivity index (χ1n) is 6.41. The average molecular weight is 234 g/mol. The molecule has 3 heteroatoms. The van der Waals surface area contributed by atoms with Crippen molar-refractivity contribution in [1.29, 1.82) is 0 Å². The summed E-state index contributed by atoms with van der Waals surface area (Å²) in [6.45, 7) is 5.65. The molecule has 0 aromatic heterocycles.